The van der Waals surface area contributed by atoms with E-state index >= 15 is 0 Å². The quantitative estimate of drug-likeness (QED) is 0.343. The predicted molar refractivity (Wildman–Crippen MR) is 83.5 cm³/mol. The minimum absolute atomic E-state index is 0.000241. The average molecular weight is 305 g/mol. The van der Waals surface area contributed by atoms with Gasteiger partial charge < -0.3 is 16.3 Å². The normalized spacial score (nSPS) is 13.1. The Balaban J connectivity index is 2.03. The molecule has 1 aromatic carbocycles. The fourth-order valence-electron chi connectivity index (χ4n) is 1.94. The van der Waals surface area contributed by atoms with Gasteiger partial charge in [0.05, 0.1) is 0 Å². The van der Waals surface area contributed by atoms with Crippen LogP contribution in [-0.2, 0) is 6.54 Å². The van der Waals surface area contributed by atoms with Crippen molar-refractivity contribution >= 4 is 17.4 Å². The van der Waals surface area contributed by atoms with Gasteiger partial charge in [0, 0.05) is 23.8 Å². The summed E-state index contributed by atoms with van der Waals surface area (Å²) in [5.41, 5.74) is 8.10. The van der Waals surface area contributed by atoms with E-state index in [1.54, 1.807) is 12.3 Å². The summed E-state index contributed by atoms with van der Waals surface area (Å²) in [4.78, 5) is 4.05. The fraction of sp³-hybridized carbons (Fsp3) is 0.200. The van der Waals surface area contributed by atoms with E-state index < -0.39 is 0 Å². The van der Waals surface area contributed by atoms with Crippen molar-refractivity contribution in [1.29, 1.82) is 0 Å². The van der Waals surface area contributed by atoms with Crippen LogP contribution in [-0.4, -0.2) is 16.0 Å². The maximum Gasteiger partial charge on any atom is 0.188 e. The van der Waals surface area contributed by atoms with Gasteiger partial charge in [-0.05, 0) is 42.3 Å². The van der Waals surface area contributed by atoms with Crippen LogP contribution in [0.2, 0.25) is 5.02 Å². The molecule has 1 heterocycles. The Hall–Kier alpha value is -2.11. The van der Waals surface area contributed by atoms with E-state index in [0.717, 1.165) is 16.1 Å². The van der Waals surface area contributed by atoms with Gasteiger partial charge in [0.15, 0.2) is 5.84 Å². The summed E-state index contributed by atoms with van der Waals surface area (Å²) < 4.78 is 0. The highest BCUT2D eigenvalue weighted by Crippen LogP contribution is 2.17. The summed E-state index contributed by atoms with van der Waals surface area (Å²) in [6, 6.07) is 11.6. The molecule has 0 saturated carbocycles. The lowest BCUT2D eigenvalue weighted by molar-refractivity contribution is 0.318. The third kappa shape index (κ3) is 4.18. The van der Waals surface area contributed by atoms with E-state index in [-0.39, 0.29) is 11.9 Å². The van der Waals surface area contributed by atoms with E-state index in [4.69, 9.17) is 22.5 Å². The molecule has 0 aliphatic heterocycles. The second-order valence-corrected chi connectivity index (χ2v) is 5.13. The molecule has 0 aliphatic rings. The molecule has 0 radical (unpaired) electrons. The summed E-state index contributed by atoms with van der Waals surface area (Å²) in [5.74, 6) is -0.000241. The molecular weight excluding hydrogens is 288 g/mol. The van der Waals surface area contributed by atoms with Crippen LogP contribution >= 0.6 is 11.6 Å². The second kappa shape index (κ2) is 7.06. The molecule has 1 unspecified atom stereocenters. The van der Waals surface area contributed by atoms with Gasteiger partial charge in [-0.1, -0.05) is 28.9 Å². The smallest absolute Gasteiger partial charge is 0.188 e. The lowest BCUT2D eigenvalue weighted by Crippen LogP contribution is -2.19. The van der Waals surface area contributed by atoms with Crippen LogP contribution in [0.1, 0.15) is 29.8 Å². The number of nitrogens with one attached hydrogen (secondary N) is 1. The summed E-state index contributed by atoms with van der Waals surface area (Å²) in [6.07, 6.45) is 1.63. The summed E-state index contributed by atoms with van der Waals surface area (Å²) in [7, 11) is 0. The predicted octanol–water partition coefficient (Wildman–Crippen LogP) is 2.68. The van der Waals surface area contributed by atoms with Gasteiger partial charge in [-0.15, -0.1) is 0 Å². The Morgan fingerprint density at radius 3 is 2.95 bits per heavy atom. The van der Waals surface area contributed by atoms with Crippen molar-refractivity contribution in [2.45, 2.75) is 19.5 Å². The average Bonchev–Trinajstić information content (AvgIpc) is 2.52. The molecule has 1 atom stereocenters. The maximum absolute atomic E-state index is 8.67. The zero-order valence-corrected chi connectivity index (χ0v) is 12.4. The topological polar surface area (TPSA) is 83.5 Å². The number of nitrogens with two attached hydrogens (primary N) is 1. The Bertz CT molecular complexity index is 645. The molecule has 6 heteroatoms. The molecule has 0 fully saturated rings. The Kier molecular flexibility index (Phi) is 5.14. The van der Waals surface area contributed by atoms with E-state index in [0.29, 0.717) is 12.2 Å². The largest absolute Gasteiger partial charge is 0.409 e. The van der Waals surface area contributed by atoms with Crippen molar-refractivity contribution in [1.82, 2.24) is 10.3 Å². The van der Waals surface area contributed by atoms with Crippen LogP contribution in [0.15, 0.2) is 47.8 Å². The number of pyridine rings is 1. The first-order valence-corrected chi connectivity index (χ1v) is 6.89. The lowest BCUT2D eigenvalue weighted by atomic mass is 10.1. The minimum atomic E-state index is -0.000241. The van der Waals surface area contributed by atoms with Crippen LogP contribution in [0.5, 0.6) is 0 Å². The summed E-state index contributed by atoms with van der Waals surface area (Å²) in [5, 5.41) is 15.7. The van der Waals surface area contributed by atoms with Crippen LogP contribution in [0, 0.1) is 0 Å². The summed E-state index contributed by atoms with van der Waals surface area (Å²) >= 11 is 5.99. The monoisotopic (exact) mass is 304 g/mol. The van der Waals surface area contributed by atoms with E-state index in [2.05, 4.69) is 22.4 Å². The molecule has 0 spiro atoms. The molecule has 2 aromatic rings. The SMILES string of the molecule is CC(NCc1ccnc(C(N)=NO)c1)c1cccc(Cl)c1. The van der Waals surface area contributed by atoms with Crippen molar-refractivity contribution in [2.75, 3.05) is 0 Å². The molecular formula is C15H17ClN4O. The standard InChI is InChI=1S/C15H17ClN4O/c1-10(12-3-2-4-13(16)8-12)19-9-11-5-6-18-14(7-11)15(17)20-21/h2-8,10,19,21H,9H2,1H3,(H2,17,20). The number of amidine groups is 1. The number of hydrogen-bond acceptors (Lipinski definition) is 4. The zero-order valence-electron chi connectivity index (χ0n) is 11.6. The van der Waals surface area contributed by atoms with Crippen molar-refractivity contribution in [3.8, 4) is 0 Å². The number of oxime groups is 1. The third-order valence-corrected chi connectivity index (χ3v) is 3.39. The van der Waals surface area contributed by atoms with E-state index in [9.17, 15) is 0 Å². The molecule has 0 aliphatic carbocycles. The first-order valence-electron chi connectivity index (χ1n) is 6.52. The van der Waals surface area contributed by atoms with Crippen LogP contribution in [0.25, 0.3) is 0 Å². The Labute approximate surface area is 128 Å². The van der Waals surface area contributed by atoms with E-state index in [1.165, 1.54) is 0 Å². The third-order valence-electron chi connectivity index (χ3n) is 3.16. The van der Waals surface area contributed by atoms with Gasteiger partial charge in [-0.3, -0.25) is 4.98 Å². The van der Waals surface area contributed by atoms with Gasteiger partial charge in [0.2, 0.25) is 0 Å². The van der Waals surface area contributed by atoms with Crippen molar-refractivity contribution in [2.24, 2.45) is 10.9 Å². The first kappa shape index (κ1) is 15.3. The minimum Gasteiger partial charge on any atom is -0.409 e. The zero-order chi connectivity index (χ0) is 15.2. The van der Waals surface area contributed by atoms with Gasteiger partial charge in [0.25, 0.3) is 0 Å². The maximum atomic E-state index is 8.67. The highest BCUT2D eigenvalue weighted by molar-refractivity contribution is 6.30. The Morgan fingerprint density at radius 1 is 1.43 bits per heavy atom. The van der Waals surface area contributed by atoms with Crippen molar-refractivity contribution in [3.05, 3.63) is 64.4 Å². The second-order valence-electron chi connectivity index (χ2n) is 4.69. The van der Waals surface area contributed by atoms with Crippen LogP contribution < -0.4 is 11.1 Å². The number of aromatic nitrogens is 1. The number of hydrogen-bond donors (Lipinski definition) is 3. The van der Waals surface area contributed by atoms with Crippen molar-refractivity contribution in [3.63, 3.8) is 0 Å². The van der Waals surface area contributed by atoms with E-state index in [1.807, 2.05) is 30.3 Å². The number of nitrogens with zero attached hydrogens (tertiary/aromatic N) is 2. The van der Waals surface area contributed by atoms with Gasteiger partial charge >= 0.3 is 0 Å². The van der Waals surface area contributed by atoms with Gasteiger partial charge in [0.1, 0.15) is 5.69 Å². The molecule has 1 aromatic heterocycles. The van der Waals surface area contributed by atoms with Crippen LogP contribution in [0.4, 0.5) is 0 Å². The van der Waals surface area contributed by atoms with Crippen molar-refractivity contribution < 1.29 is 5.21 Å². The number of halogens is 1. The van der Waals surface area contributed by atoms with Crippen LogP contribution in [0.3, 0.4) is 0 Å². The molecule has 4 N–H and O–H groups in total. The molecule has 0 amide bonds. The molecule has 110 valence electrons. The molecule has 5 nitrogen and oxygen atoms in total. The lowest BCUT2D eigenvalue weighted by Gasteiger charge is -2.15. The molecule has 21 heavy (non-hydrogen) atoms. The van der Waals surface area contributed by atoms with Gasteiger partial charge in [-0.25, -0.2) is 0 Å². The highest BCUT2D eigenvalue weighted by Gasteiger charge is 2.07. The highest BCUT2D eigenvalue weighted by atomic mass is 35.5. The Morgan fingerprint density at radius 2 is 2.24 bits per heavy atom. The fourth-order valence-corrected chi connectivity index (χ4v) is 2.14. The first-order chi connectivity index (χ1) is 10.1. The van der Waals surface area contributed by atoms with Gasteiger partial charge in [-0.2, -0.15) is 0 Å². The number of rotatable bonds is 5. The molecule has 2 rings (SSSR count). The summed E-state index contributed by atoms with van der Waals surface area (Å²) in [6.45, 7) is 2.71. The molecule has 0 bridgehead atoms. The molecule has 0 saturated heterocycles. The number of benzene rings is 1.